The van der Waals surface area contributed by atoms with Crippen LogP contribution in [0.4, 0.5) is 5.69 Å². The highest BCUT2D eigenvalue weighted by Gasteiger charge is 2.19. The first-order valence-electron chi connectivity index (χ1n) is 3.32. The van der Waals surface area contributed by atoms with Crippen LogP contribution in [0.25, 0.3) is 4.98 Å². The molecule has 0 aliphatic heterocycles. The maximum atomic E-state index is 11.1. The highest BCUT2D eigenvalue weighted by Crippen LogP contribution is 2.13. The molecule has 0 aliphatic carbocycles. The van der Waals surface area contributed by atoms with Gasteiger partial charge in [0.15, 0.2) is 4.98 Å². The predicted molar refractivity (Wildman–Crippen MR) is 41.1 cm³/mol. The van der Waals surface area contributed by atoms with Gasteiger partial charge in [0.2, 0.25) is 5.39 Å². The molecule has 13 heavy (non-hydrogen) atoms. The van der Waals surface area contributed by atoms with Crippen LogP contribution in [0.3, 0.4) is 0 Å². The largest absolute Gasteiger partial charge is 0.854 e. The maximum Gasteiger partial charge on any atom is 0.458 e. The average molecular weight is 183 g/mol. The van der Waals surface area contributed by atoms with Gasteiger partial charge in [-0.15, -0.1) is 0 Å². The second-order valence-electron chi connectivity index (χ2n) is 2.46. The zero-order chi connectivity index (χ0) is 10.2. The van der Waals surface area contributed by atoms with Gasteiger partial charge in [0.1, 0.15) is 0 Å². The van der Waals surface area contributed by atoms with E-state index in [-0.39, 0.29) is 0 Å². The van der Waals surface area contributed by atoms with Gasteiger partial charge in [0, 0.05) is 14.1 Å². The van der Waals surface area contributed by atoms with E-state index in [9.17, 15) is 14.7 Å². The van der Waals surface area contributed by atoms with E-state index in [0.717, 1.165) is 0 Å². The van der Waals surface area contributed by atoms with Gasteiger partial charge in [-0.25, -0.2) is 4.79 Å². The molecule has 0 radical (unpaired) electrons. The summed E-state index contributed by atoms with van der Waals surface area (Å²) in [7, 11) is 2.39. The van der Waals surface area contributed by atoms with E-state index in [1.165, 1.54) is 14.1 Å². The molecule has 7 nitrogen and oxygen atoms in total. The Labute approximate surface area is 72.1 Å². The molecule has 68 valence electrons. The number of diazo groups is 1. The Kier molecular flexibility index (Phi) is 1.90. The Hall–Kier alpha value is -2.10. The summed E-state index contributed by atoms with van der Waals surface area (Å²) in [4.78, 5) is 24.7. The van der Waals surface area contributed by atoms with Crippen LogP contribution in [0.2, 0.25) is 0 Å². The van der Waals surface area contributed by atoms with Crippen LogP contribution >= 0.6 is 0 Å². The number of hydrogen-bond acceptors (Lipinski definition) is 4. The summed E-state index contributed by atoms with van der Waals surface area (Å²) in [5.74, 6) is -0.907. The van der Waals surface area contributed by atoms with Crippen LogP contribution in [0.15, 0.2) is 9.59 Å². The van der Waals surface area contributed by atoms with E-state index in [1.54, 1.807) is 0 Å². The van der Waals surface area contributed by atoms with Crippen LogP contribution in [-0.4, -0.2) is 9.13 Å². The van der Waals surface area contributed by atoms with Gasteiger partial charge < -0.3 is 9.67 Å². The molecule has 0 atom stereocenters. The van der Waals surface area contributed by atoms with Crippen LogP contribution in [0.5, 0.6) is 5.88 Å². The molecule has 0 saturated carbocycles. The van der Waals surface area contributed by atoms with E-state index in [0.29, 0.717) is 9.13 Å². The molecule has 1 aromatic heterocycles. The summed E-state index contributed by atoms with van der Waals surface area (Å²) in [6, 6.07) is 0. The molecular weight excluding hydrogens is 177 g/mol. The van der Waals surface area contributed by atoms with Crippen LogP contribution in [0, 0.1) is 5.39 Å². The van der Waals surface area contributed by atoms with E-state index < -0.39 is 22.8 Å². The molecular formula is C6H6N4O3. The van der Waals surface area contributed by atoms with Crippen LogP contribution < -0.4 is 16.4 Å². The molecule has 0 aromatic carbocycles. The zero-order valence-corrected chi connectivity index (χ0v) is 7.01. The Morgan fingerprint density at radius 3 is 2.31 bits per heavy atom. The van der Waals surface area contributed by atoms with Crippen molar-refractivity contribution in [2.45, 2.75) is 0 Å². The van der Waals surface area contributed by atoms with Crippen molar-refractivity contribution >= 4 is 5.69 Å². The summed E-state index contributed by atoms with van der Waals surface area (Å²) >= 11 is 0. The van der Waals surface area contributed by atoms with Crippen molar-refractivity contribution in [3.63, 3.8) is 0 Å². The van der Waals surface area contributed by atoms with Crippen molar-refractivity contribution in [2.75, 3.05) is 0 Å². The van der Waals surface area contributed by atoms with E-state index >= 15 is 0 Å². The van der Waals surface area contributed by atoms with Gasteiger partial charge >= 0.3 is 16.9 Å². The van der Waals surface area contributed by atoms with Crippen molar-refractivity contribution in [3.8, 4) is 5.88 Å². The molecule has 0 bridgehead atoms. The fourth-order valence-corrected chi connectivity index (χ4v) is 0.893. The summed E-state index contributed by atoms with van der Waals surface area (Å²) in [5, 5.41) is 19.4. The normalized spacial score (nSPS) is 9.62. The van der Waals surface area contributed by atoms with Gasteiger partial charge in [0.05, 0.1) is 5.88 Å². The third kappa shape index (κ3) is 1.08. The number of rotatable bonds is 0. The predicted octanol–water partition coefficient (Wildman–Crippen LogP) is -1.36. The average Bonchev–Trinajstić information content (AvgIpc) is 2.13. The molecule has 0 saturated heterocycles. The molecule has 0 unspecified atom stereocenters. The third-order valence-corrected chi connectivity index (χ3v) is 1.69. The molecule has 0 spiro atoms. The molecule has 1 heterocycles. The highest BCUT2D eigenvalue weighted by atomic mass is 16.3. The highest BCUT2D eigenvalue weighted by molar-refractivity contribution is 5.49. The van der Waals surface area contributed by atoms with E-state index in [2.05, 4.69) is 4.98 Å². The van der Waals surface area contributed by atoms with Gasteiger partial charge in [-0.05, 0) is 0 Å². The van der Waals surface area contributed by atoms with Gasteiger partial charge in [-0.2, -0.15) is 0 Å². The fraction of sp³-hybridized carbons (Fsp3) is 0.333. The monoisotopic (exact) mass is 183 g/mol. The number of aromatic nitrogens is 2. The Morgan fingerprint density at radius 2 is 1.85 bits per heavy atom. The van der Waals surface area contributed by atoms with Crippen molar-refractivity contribution in [1.29, 1.82) is 5.39 Å². The maximum absolute atomic E-state index is 11.1. The van der Waals surface area contributed by atoms with Crippen molar-refractivity contribution < 1.29 is 5.11 Å². The second-order valence-corrected chi connectivity index (χ2v) is 2.46. The first-order chi connectivity index (χ1) is 6.00. The van der Waals surface area contributed by atoms with E-state index in [1.807, 2.05) is 0 Å². The topological polar surface area (TPSA) is 95.2 Å². The minimum Gasteiger partial charge on any atom is -0.854 e. The summed E-state index contributed by atoms with van der Waals surface area (Å²) in [6.07, 6.45) is 0. The Bertz CT molecular complexity index is 504. The standard InChI is InChI=1S/C6H6N4O3/c1-9-4(11)3(8-7)5(12)10(2)6(9)13/h1-2H3/i8+1. The zero-order valence-electron chi connectivity index (χ0n) is 7.01. The van der Waals surface area contributed by atoms with Crippen LogP contribution in [0.1, 0.15) is 0 Å². The Balaban J connectivity index is 3.92. The minimum absolute atomic E-state index is 0.662. The minimum atomic E-state index is -0.907. The molecule has 1 aromatic rings. The van der Waals surface area contributed by atoms with Crippen LogP contribution in [-0.2, 0) is 14.1 Å². The molecule has 0 N–H and O–H groups in total. The summed E-state index contributed by atoms with van der Waals surface area (Å²) in [6.45, 7) is 0. The first-order valence-corrected chi connectivity index (χ1v) is 3.32. The van der Waals surface area contributed by atoms with E-state index in [4.69, 9.17) is 5.39 Å². The Morgan fingerprint density at radius 1 is 1.31 bits per heavy atom. The lowest BCUT2D eigenvalue weighted by molar-refractivity contribution is -0.278. The van der Waals surface area contributed by atoms with Crippen molar-refractivity contribution in [2.24, 2.45) is 14.1 Å². The lowest BCUT2D eigenvalue weighted by atomic mass is 10.5. The first kappa shape index (κ1) is 8.99. The molecule has 7 heteroatoms. The SMILES string of the molecule is Cn1c([O-])c([15N+]#N)c(=O)n(C)c1=O. The van der Waals surface area contributed by atoms with Gasteiger partial charge in [-0.1, -0.05) is 0 Å². The van der Waals surface area contributed by atoms with Gasteiger partial charge in [0.25, 0.3) is 0 Å². The van der Waals surface area contributed by atoms with Gasteiger partial charge in [-0.3, -0.25) is 9.36 Å². The molecule has 0 fully saturated rings. The smallest absolute Gasteiger partial charge is 0.458 e. The second kappa shape index (κ2) is 2.75. The third-order valence-electron chi connectivity index (χ3n) is 1.69. The molecule has 0 aliphatic rings. The lowest BCUT2D eigenvalue weighted by Crippen LogP contribution is -2.37. The fourth-order valence-electron chi connectivity index (χ4n) is 0.893. The number of nitrogens with zero attached hydrogens (tertiary/aromatic N) is 4. The quantitative estimate of drug-likeness (QED) is 0.366. The summed E-state index contributed by atoms with van der Waals surface area (Å²) < 4.78 is 1.38. The molecule has 0 amide bonds. The van der Waals surface area contributed by atoms with Crippen molar-refractivity contribution in [1.82, 2.24) is 9.13 Å². The molecule has 1 rings (SSSR count). The lowest BCUT2D eigenvalue weighted by Gasteiger charge is -2.08. The summed E-state index contributed by atoms with van der Waals surface area (Å²) in [5.41, 5.74) is -2.32. The number of hydrogen-bond donors (Lipinski definition) is 0. The van der Waals surface area contributed by atoms with Crippen molar-refractivity contribution in [3.05, 3.63) is 25.8 Å².